The molecule has 2 aliphatic rings. The van der Waals surface area contributed by atoms with E-state index in [1.54, 1.807) is 17.0 Å². The fourth-order valence-corrected chi connectivity index (χ4v) is 4.34. The highest BCUT2D eigenvalue weighted by Gasteiger charge is 2.36. The maximum atomic E-state index is 13.2. The van der Waals surface area contributed by atoms with E-state index in [2.05, 4.69) is 28.1 Å². The van der Waals surface area contributed by atoms with Gasteiger partial charge in [0.15, 0.2) is 5.78 Å². The van der Waals surface area contributed by atoms with E-state index in [-0.39, 0.29) is 29.8 Å². The van der Waals surface area contributed by atoms with Crippen molar-refractivity contribution in [3.8, 4) is 5.88 Å². The molecule has 0 bridgehead atoms. The molecule has 0 saturated carbocycles. The van der Waals surface area contributed by atoms with E-state index < -0.39 is 11.7 Å². The summed E-state index contributed by atoms with van der Waals surface area (Å²) in [7, 11) is 0. The maximum absolute atomic E-state index is 13.2. The number of benzene rings is 1. The highest BCUT2D eigenvalue weighted by molar-refractivity contribution is 5.98. The van der Waals surface area contributed by atoms with Gasteiger partial charge in [-0.3, -0.25) is 14.5 Å². The van der Waals surface area contributed by atoms with Gasteiger partial charge in [0.1, 0.15) is 16.9 Å². The third-order valence-electron chi connectivity index (χ3n) is 5.79. The van der Waals surface area contributed by atoms with Gasteiger partial charge in [0.05, 0.1) is 12.6 Å². The molecule has 0 radical (unpaired) electrons. The number of amides is 1. The maximum Gasteiger partial charge on any atom is 0.259 e. The molecule has 0 saturated heterocycles. The lowest BCUT2D eigenvalue weighted by Gasteiger charge is -2.33. The van der Waals surface area contributed by atoms with Crippen molar-refractivity contribution in [1.29, 1.82) is 0 Å². The van der Waals surface area contributed by atoms with Crippen molar-refractivity contribution in [3.63, 3.8) is 0 Å². The Labute approximate surface area is 182 Å². The quantitative estimate of drug-likeness (QED) is 0.744. The van der Waals surface area contributed by atoms with Gasteiger partial charge < -0.3 is 14.7 Å². The Bertz CT molecular complexity index is 1000. The second-order valence-corrected chi connectivity index (χ2v) is 9.06. The Hall–Kier alpha value is -2.77. The molecule has 0 unspecified atom stereocenters. The summed E-state index contributed by atoms with van der Waals surface area (Å²) in [5, 5.41) is 10.8. The van der Waals surface area contributed by atoms with E-state index in [1.165, 1.54) is 18.1 Å². The molecule has 0 spiro atoms. The number of carbonyl (C=O) groups is 2. The first-order chi connectivity index (χ1) is 14.7. The summed E-state index contributed by atoms with van der Waals surface area (Å²) in [5.41, 5.74) is 2.54. The molecule has 7 heteroatoms. The largest absolute Gasteiger partial charge is 0.469 e. The van der Waals surface area contributed by atoms with Crippen LogP contribution < -0.4 is 4.74 Å². The van der Waals surface area contributed by atoms with E-state index in [0.29, 0.717) is 18.7 Å². The fourth-order valence-electron chi connectivity index (χ4n) is 4.34. The van der Waals surface area contributed by atoms with Crippen molar-refractivity contribution >= 4 is 11.7 Å². The van der Waals surface area contributed by atoms with Crippen molar-refractivity contribution < 1.29 is 19.4 Å². The second-order valence-electron chi connectivity index (χ2n) is 9.06. The molecule has 3 heterocycles. The van der Waals surface area contributed by atoms with Crippen LogP contribution in [0, 0.1) is 0 Å². The topological polar surface area (TPSA) is 83.0 Å². The van der Waals surface area contributed by atoms with Crippen molar-refractivity contribution in [2.45, 2.75) is 45.4 Å². The number of nitrogens with zero attached hydrogens (tertiary/aromatic N) is 3. The average molecular weight is 424 g/mol. The number of ether oxygens (including phenoxy) is 1. The van der Waals surface area contributed by atoms with Gasteiger partial charge in [0, 0.05) is 33.1 Å². The van der Waals surface area contributed by atoms with Crippen LogP contribution in [0.4, 0.5) is 0 Å². The number of hydrogen-bond acceptors (Lipinski definition) is 6. The monoisotopic (exact) mass is 423 g/mol. The molecule has 1 N–H and O–H groups in total. The van der Waals surface area contributed by atoms with Gasteiger partial charge in [0.25, 0.3) is 5.91 Å². The first-order valence-electron chi connectivity index (χ1n) is 10.7. The van der Waals surface area contributed by atoms with Crippen LogP contribution in [0.1, 0.15) is 52.7 Å². The molecular weight excluding hydrogens is 394 g/mol. The first kappa shape index (κ1) is 21.5. The zero-order valence-electron chi connectivity index (χ0n) is 18.3. The second kappa shape index (κ2) is 8.40. The van der Waals surface area contributed by atoms with E-state index in [4.69, 9.17) is 4.74 Å². The smallest absolute Gasteiger partial charge is 0.259 e. The molecule has 4 rings (SSSR count). The number of pyridine rings is 1. The highest BCUT2D eigenvalue weighted by Crippen LogP contribution is 2.28. The lowest BCUT2D eigenvalue weighted by atomic mass is 9.99. The van der Waals surface area contributed by atoms with E-state index in [1.807, 2.05) is 19.9 Å². The molecule has 1 aromatic carbocycles. The Morgan fingerprint density at radius 3 is 2.68 bits per heavy atom. The highest BCUT2D eigenvalue weighted by atomic mass is 16.5. The zero-order valence-corrected chi connectivity index (χ0v) is 18.3. The summed E-state index contributed by atoms with van der Waals surface area (Å²) >= 11 is 0. The van der Waals surface area contributed by atoms with Gasteiger partial charge in [-0.2, -0.15) is 0 Å². The van der Waals surface area contributed by atoms with Crippen LogP contribution >= 0.6 is 0 Å². The summed E-state index contributed by atoms with van der Waals surface area (Å²) < 4.78 is 5.99. The predicted molar refractivity (Wildman–Crippen MR) is 116 cm³/mol. The number of aliphatic hydroxyl groups is 1. The van der Waals surface area contributed by atoms with Crippen LogP contribution in [0.2, 0.25) is 0 Å². The number of rotatable bonds is 5. The Balaban J connectivity index is 1.47. The number of hydrogen-bond donors (Lipinski definition) is 1. The molecule has 164 valence electrons. The SMILES string of the molecule is CC(=O)c1ccc2c(n1)OC(C)(C)CN(C[C@H](O)CN1CCc3ccccc3C1)C2=O. The molecule has 0 aliphatic carbocycles. The molecular formula is C24H29N3O4. The Morgan fingerprint density at radius 1 is 1.19 bits per heavy atom. The van der Waals surface area contributed by atoms with Crippen molar-refractivity contribution in [3.05, 3.63) is 58.8 Å². The van der Waals surface area contributed by atoms with Gasteiger partial charge in [-0.1, -0.05) is 24.3 Å². The van der Waals surface area contributed by atoms with Gasteiger partial charge >= 0.3 is 0 Å². The van der Waals surface area contributed by atoms with Crippen LogP contribution in [0.15, 0.2) is 36.4 Å². The normalized spacial score (nSPS) is 19.1. The average Bonchev–Trinajstić information content (AvgIpc) is 2.80. The first-order valence-corrected chi connectivity index (χ1v) is 10.7. The minimum atomic E-state index is -0.701. The van der Waals surface area contributed by atoms with Gasteiger partial charge in [-0.25, -0.2) is 4.98 Å². The molecule has 1 atom stereocenters. The number of β-amino-alcohol motifs (C(OH)–C–C–N with tert-alkyl or cyclic N) is 1. The molecule has 0 fully saturated rings. The molecule has 31 heavy (non-hydrogen) atoms. The number of Topliss-reactive ketones (excluding diaryl/α,β-unsaturated/α-hetero) is 1. The summed E-state index contributed by atoms with van der Waals surface area (Å²) in [6.45, 7) is 7.88. The van der Waals surface area contributed by atoms with Crippen LogP contribution in [-0.2, 0) is 13.0 Å². The van der Waals surface area contributed by atoms with Crippen LogP contribution in [-0.4, -0.2) is 69.5 Å². The molecule has 2 aromatic rings. The minimum absolute atomic E-state index is 0.173. The lowest BCUT2D eigenvalue weighted by molar-refractivity contribution is 0.0277. The van der Waals surface area contributed by atoms with Crippen molar-refractivity contribution in [2.75, 3.05) is 26.2 Å². The van der Waals surface area contributed by atoms with Crippen LogP contribution in [0.25, 0.3) is 0 Å². The Morgan fingerprint density at radius 2 is 1.94 bits per heavy atom. The summed E-state index contributed by atoms with van der Waals surface area (Å²) in [6, 6.07) is 11.5. The van der Waals surface area contributed by atoms with E-state index >= 15 is 0 Å². The third-order valence-corrected chi connectivity index (χ3v) is 5.79. The van der Waals surface area contributed by atoms with Gasteiger partial charge in [0.2, 0.25) is 5.88 Å². The van der Waals surface area contributed by atoms with Crippen LogP contribution in [0.5, 0.6) is 5.88 Å². The summed E-state index contributed by atoms with van der Waals surface area (Å²) in [5.74, 6) is -0.255. The van der Waals surface area contributed by atoms with Crippen LogP contribution in [0.3, 0.4) is 0 Å². The molecule has 1 aromatic heterocycles. The predicted octanol–water partition coefficient (Wildman–Crippen LogP) is 2.32. The molecule has 1 amide bonds. The standard InChI is InChI=1S/C24H29N3O4/c1-16(28)21-9-8-20-22(25-21)31-24(2,3)15-27(23(20)30)14-19(29)13-26-11-10-17-6-4-5-7-18(17)12-26/h4-9,19,29H,10-15H2,1-3H3/t19-/m1/s1. The number of carbonyl (C=O) groups excluding carboxylic acids is 2. The fraction of sp³-hybridized carbons (Fsp3) is 0.458. The summed E-state index contributed by atoms with van der Waals surface area (Å²) in [6.07, 6.45) is 0.278. The number of ketones is 1. The van der Waals surface area contributed by atoms with Crippen molar-refractivity contribution in [2.24, 2.45) is 0 Å². The Kier molecular flexibility index (Phi) is 5.81. The van der Waals surface area contributed by atoms with Gasteiger partial charge in [-0.05, 0) is 43.5 Å². The number of fused-ring (bicyclic) bond motifs is 2. The molecule has 2 aliphatic heterocycles. The van der Waals surface area contributed by atoms with Gasteiger partial charge in [-0.15, -0.1) is 0 Å². The minimum Gasteiger partial charge on any atom is -0.469 e. The zero-order chi connectivity index (χ0) is 22.2. The van der Waals surface area contributed by atoms with E-state index in [0.717, 1.165) is 19.5 Å². The number of aromatic nitrogens is 1. The van der Waals surface area contributed by atoms with Crippen molar-refractivity contribution in [1.82, 2.24) is 14.8 Å². The lowest BCUT2D eigenvalue weighted by Crippen LogP contribution is -2.48. The van der Waals surface area contributed by atoms with E-state index in [9.17, 15) is 14.7 Å². The molecule has 7 nitrogen and oxygen atoms in total. The third kappa shape index (κ3) is 4.78. The number of aliphatic hydroxyl groups excluding tert-OH is 1. The summed E-state index contributed by atoms with van der Waals surface area (Å²) in [4.78, 5) is 33.0.